The number of ether oxygens (including phenoxy) is 1. The second-order valence-corrected chi connectivity index (χ2v) is 3.55. The number of nitrogens with two attached hydrogens (primary N) is 1. The summed E-state index contributed by atoms with van der Waals surface area (Å²) in [7, 11) is 1.51. The van der Waals surface area contributed by atoms with Crippen molar-refractivity contribution < 1.29 is 14.6 Å². The molecule has 1 amide bonds. The molecule has 1 aromatic carbocycles. The van der Waals surface area contributed by atoms with Crippen molar-refractivity contribution in [3.8, 4) is 5.75 Å². The molecule has 0 saturated heterocycles. The van der Waals surface area contributed by atoms with Crippen LogP contribution in [0.5, 0.6) is 5.75 Å². The average molecular weight is 224 g/mol. The molecule has 0 radical (unpaired) electrons. The van der Waals surface area contributed by atoms with Crippen LogP contribution in [0.25, 0.3) is 0 Å². The zero-order valence-corrected chi connectivity index (χ0v) is 9.36. The largest absolute Gasteiger partial charge is 0.497 e. The number of carbonyl (C=O) groups excluding carboxylic acids is 1. The lowest BCUT2D eigenvalue weighted by atomic mass is 10.1. The van der Waals surface area contributed by atoms with Crippen molar-refractivity contribution in [1.29, 1.82) is 0 Å². The molecule has 0 unspecified atom stereocenters. The van der Waals surface area contributed by atoms with Crippen LogP contribution in [0.1, 0.15) is 17.3 Å². The fourth-order valence-corrected chi connectivity index (χ4v) is 1.21. The standard InChI is InChI=1S/C11H16N2O3/c1-7(14)6-13-11(15)8-3-9(12)5-10(4-8)16-2/h3-5,7,14H,6,12H2,1-2H3,(H,13,15)/t7-/m1/s1. The van der Waals surface area contributed by atoms with Crippen molar-refractivity contribution in [3.63, 3.8) is 0 Å². The van der Waals surface area contributed by atoms with Crippen LogP contribution in [0.2, 0.25) is 0 Å². The first-order valence-electron chi connectivity index (χ1n) is 4.93. The minimum Gasteiger partial charge on any atom is -0.497 e. The van der Waals surface area contributed by atoms with Gasteiger partial charge >= 0.3 is 0 Å². The Hall–Kier alpha value is -1.75. The van der Waals surface area contributed by atoms with E-state index in [-0.39, 0.29) is 12.5 Å². The van der Waals surface area contributed by atoms with E-state index in [4.69, 9.17) is 15.6 Å². The van der Waals surface area contributed by atoms with E-state index in [0.717, 1.165) is 0 Å². The van der Waals surface area contributed by atoms with Crippen LogP contribution in [0.3, 0.4) is 0 Å². The summed E-state index contributed by atoms with van der Waals surface area (Å²) in [6.07, 6.45) is -0.577. The van der Waals surface area contributed by atoms with Crippen molar-refractivity contribution >= 4 is 11.6 Å². The quantitative estimate of drug-likeness (QED) is 0.646. The van der Waals surface area contributed by atoms with E-state index in [1.54, 1.807) is 25.1 Å². The monoisotopic (exact) mass is 224 g/mol. The summed E-state index contributed by atoms with van der Waals surface area (Å²) in [5.41, 5.74) is 6.49. The topological polar surface area (TPSA) is 84.6 Å². The lowest BCUT2D eigenvalue weighted by molar-refractivity contribution is 0.0923. The Morgan fingerprint density at radius 2 is 2.25 bits per heavy atom. The number of aliphatic hydroxyl groups excluding tert-OH is 1. The third-order valence-electron chi connectivity index (χ3n) is 1.98. The normalized spacial score (nSPS) is 11.9. The van der Waals surface area contributed by atoms with Crippen LogP contribution in [-0.4, -0.2) is 30.8 Å². The molecule has 16 heavy (non-hydrogen) atoms. The molecule has 88 valence electrons. The van der Waals surface area contributed by atoms with E-state index in [1.165, 1.54) is 7.11 Å². The molecule has 0 aromatic heterocycles. The average Bonchev–Trinajstić information content (AvgIpc) is 2.24. The number of aliphatic hydroxyl groups is 1. The fourth-order valence-electron chi connectivity index (χ4n) is 1.21. The van der Waals surface area contributed by atoms with Gasteiger partial charge in [0.1, 0.15) is 5.75 Å². The lowest BCUT2D eigenvalue weighted by Crippen LogP contribution is -2.30. The SMILES string of the molecule is COc1cc(N)cc(C(=O)NC[C@@H](C)O)c1. The summed E-state index contributed by atoms with van der Waals surface area (Å²) in [5.74, 6) is 0.244. The van der Waals surface area contributed by atoms with E-state index in [9.17, 15) is 4.79 Å². The number of benzene rings is 1. The zero-order chi connectivity index (χ0) is 12.1. The van der Waals surface area contributed by atoms with Gasteiger partial charge in [-0.25, -0.2) is 0 Å². The molecule has 5 nitrogen and oxygen atoms in total. The predicted octanol–water partition coefficient (Wildman–Crippen LogP) is 0.388. The van der Waals surface area contributed by atoms with E-state index < -0.39 is 6.10 Å². The summed E-state index contributed by atoms with van der Waals surface area (Å²) in [6, 6.07) is 4.78. The Kier molecular flexibility index (Phi) is 4.13. The van der Waals surface area contributed by atoms with Crippen LogP contribution < -0.4 is 15.8 Å². The first-order valence-corrected chi connectivity index (χ1v) is 4.93. The van der Waals surface area contributed by atoms with Crippen LogP contribution in [0.4, 0.5) is 5.69 Å². The lowest BCUT2D eigenvalue weighted by Gasteiger charge is -2.09. The molecule has 0 saturated carbocycles. The predicted molar refractivity (Wildman–Crippen MR) is 61.4 cm³/mol. The Labute approximate surface area is 94.2 Å². The Balaban J connectivity index is 2.78. The Morgan fingerprint density at radius 3 is 2.81 bits per heavy atom. The van der Waals surface area contributed by atoms with Gasteiger partial charge in [-0.2, -0.15) is 0 Å². The molecule has 4 N–H and O–H groups in total. The maximum absolute atomic E-state index is 11.6. The molecule has 0 aliphatic carbocycles. The van der Waals surface area contributed by atoms with Gasteiger partial charge in [0.15, 0.2) is 0 Å². The highest BCUT2D eigenvalue weighted by Crippen LogP contribution is 2.18. The summed E-state index contributed by atoms with van der Waals surface area (Å²) in [5, 5.41) is 11.6. The number of methoxy groups -OCH3 is 1. The fraction of sp³-hybridized carbons (Fsp3) is 0.364. The number of hydrogen-bond acceptors (Lipinski definition) is 4. The first-order chi connectivity index (χ1) is 7.52. The third-order valence-corrected chi connectivity index (χ3v) is 1.98. The van der Waals surface area contributed by atoms with E-state index in [1.807, 2.05) is 0 Å². The van der Waals surface area contributed by atoms with Gasteiger partial charge in [0.25, 0.3) is 5.91 Å². The molecular weight excluding hydrogens is 208 g/mol. The number of hydrogen-bond donors (Lipinski definition) is 3. The highest BCUT2D eigenvalue weighted by molar-refractivity contribution is 5.95. The van der Waals surface area contributed by atoms with Crippen LogP contribution in [-0.2, 0) is 0 Å². The molecule has 0 aliphatic heterocycles. The first kappa shape index (κ1) is 12.3. The highest BCUT2D eigenvalue weighted by Gasteiger charge is 2.08. The Bertz CT molecular complexity index is 377. The van der Waals surface area contributed by atoms with Gasteiger partial charge in [0, 0.05) is 23.9 Å². The molecule has 0 aliphatic rings. The number of nitrogen functional groups attached to an aromatic ring is 1. The minimum absolute atomic E-state index is 0.204. The minimum atomic E-state index is -0.577. The van der Waals surface area contributed by atoms with Crippen LogP contribution in [0, 0.1) is 0 Å². The summed E-state index contributed by atoms with van der Waals surface area (Å²) in [4.78, 5) is 11.6. The van der Waals surface area contributed by atoms with Crippen molar-refractivity contribution in [3.05, 3.63) is 23.8 Å². The van der Waals surface area contributed by atoms with Gasteiger partial charge in [0.05, 0.1) is 13.2 Å². The molecule has 0 bridgehead atoms. The number of amides is 1. The molecule has 1 aromatic rings. The summed E-state index contributed by atoms with van der Waals surface area (Å²) in [6.45, 7) is 1.80. The second-order valence-electron chi connectivity index (χ2n) is 3.55. The molecule has 1 atom stereocenters. The summed E-state index contributed by atoms with van der Waals surface area (Å²) >= 11 is 0. The number of nitrogens with one attached hydrogen (secondary N) is 1. The van der Waals surface area contributed by atoms with Crippen molar-refractivity contribution in [2.24, 2.45) is 0 Å². The zero-order valence-electron chi connectivity index (χ0n) is 9.36. The summed E-state index contributed by atoms with van der Waals surface area (Å²) < 4.78 is 5.00. The van der Waals surface area contributed by atoms with Crippen LogP contribution >= 0.6 is 0 Å². The number of carbonyl (C=O) groups is 1. The second kappa shape index (κ2) is 5.37. The van der Waals surface area contributed by atoms with E-state index >= 15 is 0 Å². The van der Waals surface area contributed by atoms with Gasteiger partial charge in [-0.05, 0) is 19.1 Å². The highest BCUT2D eigenvalue weighted by atomic mass is 16.5. The molecule has 0 fully saturated rings. The maximum Gasteiger partial charge on any atom is 0.251 e. The number of anilines is 1. The number of rotatable bonds is 4. The third kappa shape index (κ3) is 3.43. The molecule has 0 heterocycles. The van der Waals surface area contributed by atoms with Gasteiger partial charge in [-0.3, -0.25) is 4.79 Å². The van der Waals surface area contributed by atoms with Gasteiger partial charge in [0.2, 0.25) is 0 Å². The van der Waals surface area contributed by atoms with E-state index in [2.05, 4.69) is 5.32 Å². The van der Waals surface area contributed by atoms with Crippen LogP contribution in [0.15, 0.2) is 18.2 Å². The van der Waals surface area contributed by atoms with Crippen molar-refractivity contribution in [2.75, 3.05) is 19.4 Å². The van der Waals surface area contributed by atoms with Gasteiger partial charge < -0.3 is 20.9 Å². The van der Waals surface area contributed by atoms with Crippen molar-refractivity contribution in [1.82, 2.24) is 5.32 Å². The molecule has 0 spiro atoms. The molecule has 5 heteroatoms. The molecular formula is C11H16N2O3. The maximum atomic E-state index is 11.6. The Morgan fingerprint density at radius 1 is 1.56 bits per heavy atom. The van der Waals surface area contributed by atoms with Gasteiger partial charge in [-0.15, -0.1) is 0 Å². The smallest absolute Gasteiger partial charge is 0.251 e. The van der Waals surface area contributed by atoms with E-state index in [0.29, 0.717) is 17.0 Å². The van der Waals surface area contributed by atoms with Gasteiger partial charge in [-0.1, -0.05) is 0 Å². The molecule has 1 rings (SSSR count). The van der Waals surface area contributed by atoms with Crippen molar-refractivity contribution in [2.45, 2.75) is 13.0 Å².